The Morgan fingerprint density at radius 3 is 2.44 bits per heavy atom. The van der Waals surface area contributed by atoms with Gasteiger partial charge < -0.3 is 10.1 Å². The molecule has 0 aromatic heterocycles. The summed E-state index contributed by atoms with van der Waals surface area (Å²) in [6.07, 6.45) is 0. The van der Waals surface area contributed by atoms with Crippen molar-refractivity contribution in [2.45, 2.75) is 4.83 Å². The largest absolute Gasteiger partial charge is 0.468 e. The fourth-order valence-electron chi connectivity index (χ4n) is 1.20. The second-order valence-electron chi connectivity index (χ2n) is 3.30. The minimum absolute atomic E-state index is 0.140. The summed E-state index contributed by atoms with van der Waals surface area (Å²) in [5.74, 6) is -3.45. The van der Waals surface area contributed by atoms with Crippen LogP contribution in [0.1, 0.15) is 10.4 Å². The van der Waals surface area contributed by atoms with Crippen molar-refractivity contribution in [3.05, 3.63) is 35.4 Å². The Kier molecular flexibility index (Phi) is 5.21. The number of halogens is 3. The van der Waals surface area contributed by atoms with Crippen molar-refractivity contribution in [2.75, 3.05) is 13.7 Å². The van der Waals surface area contributed by atoms with Gasteiger partial charge in [-0.05, 0) is 12.1 Å². The lowest BCUT2D eigenvalue weighted by Crippen LogP contribution is -2.34. The molecule has 0 radical (unpaired) electrons. The molecule has 0 aliphatic carbocycles. The summed E-state index contributed by atoms with van der Waals surface area (Å²) in [6.45, 7) is -0.140. The van der Waals surface area contributed by atoms with E-state index in [1.165, 1.54) is 7.11 Å². The summed E-state index contributed by atoms with van der Waals surface area (Å²) < 4.78 is 30.9. The van der Waals surface area contributed by atoms with Gasteiger partial charge in [0.15, 0.2) is 0 Å². The minimum Gasteiger partial charge on any atom is -0.468 e. The Morgan fingerprint density at radius 1 is 1.39 bits per heavy atom. The quantitative estimate of drug-likeness (QED) is 0.677. The van der Waals surface area contributed by atoms with Crippen LogP contribution in [0.4, 0.5) is 8.78 Å². The molecule has 98 valence electrons. The molecule has 0 saturated carbocycles. The maximum Gasteiger partial charge on any atom is 0.321 e. The predicted molar refractivity (Wildman–Crippen MR) is 63.4 cm³/mol. The molecule has 1 N–H and O–H groups in total. The molecule has 1 rings (SSSR count). The van der Waals surface area contributed by atoms with Gasteiger partial charge >= 0.3 is 5.97 Å². The van der Waals surface area contributed by atoms with Crippen LogP contribution in [0.25, 0.3) is 0 Å². The van der Waals surface area contributed by atoms with Gasteiger partial charge in [0.25, 0.3) is 5.91 Å². The molecule has 0 bridgehead atoms. The minimum atomic E-state index is -0.961. The number of esters is 1. The van der Waals surface area contributed by atoms with E-state index >= 15 is 0 Å². The zero-order valence-corrected chi connectivity index (χ0v) is 11.0. The Balaban J connectivity index is 2.69. The van der Waals surface area contributed by atoms with Crippen LogP contribution in [0.5, 0.6) is 0 Å². The van der Waals surface area contributed by atoms with Crippen molar-refractivity contribution >= 4 is 27.8 Å². The van der Waals surface area contributed by atoms with E-state index in [0.29, 0.717) is 0 Å². The molecule has 0 aliphatic rings. The van der Waals surface area contributed by atoms with E-state index < -0.39 is 33.9 Å². The molecule has 1 aromatic carbocycles. The molecule has 0 fully saturated rings. The average Bonchev–Trinajstić information content (AvgIpc) is 2.34. The highest BCUT2D eigenvalue weighted by Crippen LogP contribution is 2.12. The normalized spacial score (nSPS) is 11.8. The van der Waals surface area contributed by atoms with Gasteiger partial charge in [-0.2, -0.15) is 0 Å². The van der Waals surface area contributed by atoms with E-state index in [9.17, 15) is 18.4 Å². The fourth-order valence-corrected chi connectivity index (χ4v) is 1.55. The van der Waals surface area contributed by atoms with E-state index in [-0.39, 0.29) is 6.54 Å². The molecule has 0 saturated heterocycles. The van der Waals surface area contributed by atoms with Gasteiger partial charge in [0.2, 0.25) is 0 Å². The van der Waals surface area contributed by atoms with Gasteiger partial charge in [-0.15, -0.1) is 0 Å². The number of hydrogen-bond donors (Lipinski definition) is 1. The van der Waals surface area contributed by atoms with Gasteiger partial charge in [-0.25, -0.2) is 8.78 Å². The first-order chi connectivity index (χ1) is 8.47. The number of methoxy groups -OCH3 is 1. The third-order valence-corrected chi connectivity index (χ3v) is 2.79. The third kappa shape index (κ3) is 3.49. The highest BCUT2D eigenvalue weighted by molar-refractivity contribution is 9.10. The number of alkyl halides is 1. The number of benzene rings is 1. The number of carbonyl (C=O) groups excluding carboxylic acids is 2. The number of rotatable bonds is 4. The molecular formula is C11H10BrF2NO3. The van der Waals surface area contributed by atoms with Crippen LogP contribution in [-0.2, 0) is 9.53 Å². The maximum atomic E-state index is 13.2. The molecule has 18 heavy (non-hydrogen) atoms. The maximum absolute atomic E-state index is 13.2. The van der Waals surface area contributed by atoms with Crippen LogP contribution in [0.3, 0.4) is 0 Å². The molecule has 0 aliphatic heterocycles. The van der Waals surface area contributed by atoms with Crippen LogP contribution in [0.15, 0.2) is 18.2 Å². The number of carbonyl (C=O) groups is 2. The van der Waals surface area contributed by atoms with Crippen molar-refractivity contribution in [1.29, 1.82) is 0 Å². The zero-order chi connectivity index (χ0) is 13.7. The lowest BCUT2D eigenvalue weighted by molar-refractivity contribution is -0.139. The van der Waals surface area contributed by atoms with Crippen LogP contribution in [-0.4, -0.2) is 30.4 Å². The topological polar surface area (TPSA) is 55.4 Å². The van der Waals surface area contributed by atoms with Crippen LogP contribution >= 0.6 is 15.9 Å². The van der Waals surface area contributed by atoms with Crippen LogP contribution in [0, 0.1) is 11.6 Å². The fraction of sp³-hybridized carbons (Fsp3) is 0.273. The Bertz CT molecular complexity index is 447. The summed E-state index contributed by atoms with van der Waals surface area (Å²) in [6, 6.07) is 3.11. The first-order valence-electron chi connectivity index (χ1n) is 4.91. The highest BCUT2D eigenvalue weighted by atomic mass is 79.9. The number of hydrogen-bond acceptors (Lipinski definition) is 3. The number of amides is 1. The smallest absolute Gasteiger partial charge is 0.321 e. The van der Waals surface area contributed by atoms with E-state index in [1.54, 1.807) is 0 Å². The third-order valence-electron chi connectivity index (χ3n) is 2.09. The second-order valence-corrected chi connectivity index (χ2v) is 4.40. The summed E-state index contributed by atoms with van der Waals surface area (Å²) >= 11 is 2.96. The van der Waals surface area contributed by atoms with E-state index in [2.05, 4.69) is 26.0 Å². The molecule has 4 nitrogen and oxygen atoms in total. The molecule has 1 amide bonds. The number of nitrogens with one attached hydrogen (secondary N) is 1. The van der Waals surface area contributed by atoms with Gasteiger partial charge in [0.1, 0.15) is 22.0 Å². The molecule has 1 atom stereocenters. The van der Waals surface area contributed by atoms with Gasteiger partial charge in [-0.3, -0.25) is 9.59 Å². The van der Waals surface area contributed by atoms with E-state index in [0.717, 1.165) is 18.2 Å². The first kappa shape index (κ1) is 14.6. The highest BCUT2D eigenvalue weighted by Gasteiger charge is 2.20. The molecule has 1 unspecified atom stereocenters. The molecule has 1 aromatic rings. The van der Waals surface area contributed by atoms with Crippen molar-refractivity contribution in [2.24, 2.45) is 0 Å². The average molecular weight is 322 g/mol. The van der Waals surface area contributed by atoms with Crippen molar-refractivity contribution in [3.63, 3.8) is 0 Å². The monoisotopic (exact) mass is 321 g/mol. The summed E-state index contributed by atoms with van der Waals surface area (Å²) in [5.41, 5.74) is -0.679. The van der Waals surface area contributed by atoms with Crippen LogP contribution in [0.2, 0.25) is 0 Å². The summed E-state index contributed by atoms with van der Waals surface area (Å²) in [5, 5.41) is 2.23. The lowest BCUT2D eigenvalue weighted by Gasteiger charge is -2.10. The van der Waals surface area contributed by atoms with E-state index in [4.69, 9.17) is 0 Å². The van der Waals surface area contributed by atoms with Crippen molar-refractivity contribution in [1.82, 2.24) is 5.32 Å². The van der Waals surface area contributed by atoms with Crippen molar-refractivity contribution in [3.8, 4) is 0 Å². The first-order valence-corrected chi connectivity index (χ1v) is 5.83. The van der Waals surface area contributed by atoms with Gasteiger partial charge in [-0.1, -0.05) is 22.0 Å². The Hall–Kier alpha value is -1.50. The SMILES string of the molecule is COC(=O)C(Br)CNC(=O)c1c(F)cccc1F. The Labute approximate surface area is 110 Å². The second kappa shape index (κ2) is 6.44. The van der Waals surface area contributed by atoms with E-state index in [1.807, 2.05) is 0 Å². The molecule has 0 spiro atoms. The zero-order valence-electron chi connectivity index (χ0n) is 9.38. The summed E-state index contributed by atoms with van der Waals surface area (Å²) in [7, 11) is 1.19. The standard InChI is InChI=1S/C11H10BrF2NO3/c1-18-11(17)6(12)5-15-10(16)9-7(13)3-2-4-8(9)14/h2-4,6H,5H2,1H3,(H,15,16). The van der Waals surface area contributed by atoms with Crippen molar-refractivity contribution < 1.29 is 23.1 Å². The van der Waals surface area contributed by atoms with Gasteiger partial charge in [0, 0.05) is 6.54 Å². The lowest BCUT2D eigenvalue weighted by atomic mass is 10.2. The van der Waals surface area contributed by atoms with Gasteiger partial charge in [0.05, 0.1) is 7.11 Å². The molecular weight excluding hydrogens is 312 g/mol. The Morgan fingerprint density at radius 2 is 1.94 bits per heavy atom. The predicted octanol–water partition coefficient (Wildman–Crippen LogP) is 1.63. The summed E-state index contributed by atoms with van der Waals surface area (Å²) in [4.78, 5) is 21.8. The molecule has 7 heteroatoms. The number of ether oxygens (including phenoxy) is 1. The molecule has 0 heterocycles. The van der Waals surface area contributed by atoms with Crippen LogP contribution < -0.4 is 5.32 Å².